The lowest BCUT2D eigenvalue weighted by Gasteiger charge is -2.08. The van der Waals surface area contributed by atoms with Crippen molar-refractivity contribution in [2.75, 3.05) is 0 Å². The van der Waals surface area contributed by atoms with Crippen molar-refractivity contribution >= 4 is 11.7 Å². The van der Waals surface area contributed by atoms with Crippen LogP contribution in [0, 0.1) is 19.8 Å². The second kappa shape index (κ2) is 5.63. The molecule has 6 nitrogen and oxygen atoms in total. The summed E-state index contributed by atoms with van der Waals surface area (Å²) in [6, 6.07) is 1.98. The molecule has 1 aliphatic rings. The van der Waals surface area contributed by atoms with Crippen LogP contribution in [0.3, 0.4) is 0 Å². The van der Waals surface area contributed by atoms with Gasteiger partial charge in [0.05, 0.1) is 6.54 Å². The van der Waals surface area contributed by atoms with E-state index in [0.717, 1.165) is 24.2 Å². The predicted octanol–water partition coefficient (Wildman–Crippen LogP) is 1.71. The Morgan fingerprint density at radius 2 is 2.29 bits per heavy atom. The highest BCUT2D eigenvalue weighted by atomic mass is 16.1. The normalized spacial score (nSPS) is 17.5. The zero-order valence-corrected chi connectivity index (χ0v) is 12.3. The molecule has 1 aliphatic carbocycles. The Morgan fingerprint density at radius 3 is 3.05 bits per heavy atom. The standard InChI is InChI=1S/C15H19N5O/c1-10-7-11(2)20-13(18-19-15(20)17-10)9-16-14(21)8-12-5-3-4-6-12/h3,5,7,12H,4,6,8-9H2,1-2H3,(H,16,21)/t12-/m1/s1. The molecule has 2 aromatic heterocycles. The van der Waals surface area contributed by atoms with Gasteiger partial charge in [-0.2, -0.15) is 0 Å². The van der Waals surface area contributed by atoms with Crippen molar-refractivity contribution in [2.45, 2.75) is 39.7 Å². The quantitative estimate of drug-likeness (QED) is 0.868. The van der Waals surface area contributed by atoms with Crippen LogP contribution in [0.1, 0.15) is 36.5 Å². The number of allylic oxidation sites excluding steroid dienone is 2. The third-order valence-corrected chi connectivity index (χ3v) is 3.76. The molecule has 0 saturated carbocycles. The summed E-state index contributed by atoms with van der Waals surface area (Å²) < 4.78 is 1.88. The molecule has 1 N–H and O–H groups in total. The number of hydrogen-bond acceptors (Lipinski definition) is 4. The van der Waals surface area contributed by atoms with E-state index in [1.807, 2.05) is 24.3 Å². The number of hydrogen-bond donors (Lipinski definition) is 1. The van der Waals surface area contributed by atoms with Gasteiger partial charge in [0.2, 0.25) is 5.91 Å². The summed E-state index contributed by atoms with van der Waals surface area (Å²) in [7, 11) is 0. The molecule has 0 aromatic carbocycles. The summed E-state index contributed by atoms with van der Waals surface area (Å²) in [4.78, 5) is 16.3. The van der Waals surface area contributed by atoms with Crippen LogP contribution in [0.4, 0.5) is 0 Å². The highest BCUT2D eigenvalue weighted by Gasteiger charge is 2.15. The molecule has 110 valence electrons. The fourth-order valence-corrected chi connectivity index (χ4v) is 2.77. The molecule has 0 spiro atoms. The summed E-state index contributed by atoms with van der Waals surface area (Å²) in [6.07, 6.45) is 6.97. The Hall–Kier alpha value is -2.24. The van der Waals surface area contributed by atoms with Gasteiger partial charge < -0.3 is 5.32 Å². The van der Waals surface area contributed by atoms with Crippen LogP contribution in [0.5, 0.6) is 0 Å². The van der Waals surface area contributed by atoms with Crippen molar-refractivity contribution in [1.29, 1.82) is 0 Å². The van der Waals surface area contributed by atoms with Gasteiger partial charge in [0.15, 0.2) is 5.82 Å². The van der Waals surface area contributed by atoms with Gasteiger partial charge in [-0.25, -0.2) is 4.98 Å². The number of rotatable bonds is 4. The average molecular weight is 285 g/mol. The van der Waals surface area contributed by atoms with E-state index in [9.17, 15) is 4.79 Å². The molecule has 6 heteroatoms. The number of carbonyl (C=O) groups excluding carboxylic acids is 1. The SMILES string of the molecule is Cc1cc(C)n2c(CNC(=O)C[C@@H]3C=CCC3)nnc2n1. The minimum Gasteiger partial charge on any atom is -0.349 e. The van der Waals surface area contributed by atoms with Crippen molar-refractivity contribution in [3.63, 3.8) is 0 Å². The van der Waals surface area contributed by atoms with E-state index in [-0.39, 0.29) is 5.91 Å². The van der Waals surface area contributed by atoms with Crippen molar-refractivity contribution in [2.24, 2.45) is 5.92 Å². The molecule has 2 aromatic rings. The smallest absolute Gasteiger partial charge is 0.255 e. The third-order valence-electron chi connectivity index (χ3n) is 3.76. The molecule has 1 atom stereocenters. The van der Waals surface area contributed by atoms with Gasteiger partial charge in [0.25, 0.3) is 5.78 Å². The lowest BCUT2D eigenvalue weighted by molar-refractivity contribution is -0.121. The van der Waals surface area contributed by atoms with Crippen LogP contribution in [-0.4, -0.2) is 25.5 Å². The van der Waals surface area contributed by atoms with Gasteiger partial charge >= 0.3 is 0 Å². The first-order chi connectivity index (χ1) is 10.1. The van der Waals surface area contributed by atoms with Gasteiger partial charge in [-0.15, -0.1) is 10.2 Å². The predicted molar refractivity (Wildman–Crippen MR) is 78.6 cm³/mol. The van der Waals surface area contributed by atoms with Gasteiger partial charge in [-0.05, 0) is 38.7 Å². The van der Waals surface area contributed by atoms with Crippen LogP contribution >= 0.6 is 0 Å². The second-order valence-electron chi connectivity index (χ2n) is 5.54. The fraction of sp³-hybridized carbons (Fsp3) is 0.467. The maximum absolute atomic E-state index is 12.0. The minimum atomic E-state index is 0.0565. The molecule has 0 radical (unpaired) electrons. The number of carbonyl (C=O) groups is 1. The van der Waals surface area contributed by atoms with Crippen LogP contribution in [0.2, 0.25) is 0 Å². The first-order valence-electron chi connectivity index (χ1n) is 7.25. The van der Waals surface area contributed by atoms with E-state index in [4.69, 9.17) is 0 Å². The monoisotopic (exact) mass is 285 g/mol. The number of nitrogens with zero attached hydrogens (tertiary/aromatic N) is 4. The minimum absolute atomic E-state index is 0.0565. The molecule has 0 fully saturated rings. The fourth-order valence-electron chi connectivity index (χ4n) is 2.77. The molecule has 21 heavy (non-hydrogen) atoms. The molecule has 0 unspecified atom stereocenters. The van der Waals surface area contributed by atoms with Crippen LogP contribution in [0.25, 0.3) is 5.78 Å². The molecule has 1 amide bonds. The van der Waals surface area contributed by atoms with Crippen molar-refractivity contribution in [1.82, 2.24) is 24.9 Å². The highest BCUT2D eigenvalue weighted by molar-refractivity contribution is 5.76. The number of fused-ring (bicyclic) bond motifs is 1. The Balaban J connectivity index is 1.68. The third kappa shape index (κ3) is 2.94. The molecule has 2 heterocycles. The second-order valence-corrected chi connectivity index (χ2v) is 5.54. The van der Waals surface area contributed by atoms with Crippen molar-refractivity contribution in [3.8, 4) is 0 Å². The maximum atomic E-state index is 12.0. The number of aromatic nitrogens is 4. The number of nitrogens with one attached hydrogen (secondary N) is 1. The van der Waals surface area contributed by atoms with Gasteiger partial charge in [-0.1, -0.05) is 12.2 Å². The van der Waals surface area contributed by atoms with E-state index < -0.39 is 0 Å². The van der Waals surface area contributed by atoms with Crippen molar-refractivity contribution < 1.29 is 4.79 Å². The van der Waals surface area contributed by atoms with E-state index >= 15 is 0 Å². The topological polar surface area (TPSA) is 72.2 Å². The van der Waals surface area contributed by atoms with Gasteiger partial charge in [0, 0.05) is 17.8 Å². The number of amides is 1. The molecular weight excluding hydrogens is 266 g/mol. The van der Waals surface area contributed by atoms with E-state index in [0.29, 0.717) is 30.5 Å². The highest BCUT2D eigenvalue weighted by Crippen LogP contribution is 2.20. The largest absolute Gasteiger partial charge is 0.349 e. The lowest BCUT2D eigenvalue weighted by atomic mass is 10.1. The summed E-state index contributed by atoms with van der Waals surface area (Å²) in [5.41, 5.74) is 1.93. The first-order valence-corrected chi connectivity index (χ1v) is 7.25. The van der Waals surface area contributed by atoms with E-state index in [1.165, 1.54) is 0 Å². The molecule has 0 saturated heterocycles. The Bertz CT molecular complexity index is 703. The molecule has 0 aliphatic heterocycles. The summed E-state index contributed by atoms with van der Waals surface area (Å²) in [5.74, 6) is 1.73. The van der Waals surface area contributed by atoms with Crippen LogP contribution in [0.15, 0.2) is 18.2 Å². The lowest BCUT2D eigenvalue weighted by Crippen LogP contribution is -2.25. The summed E-state index contributed by atoms with van der Waals surface area (Å²) in [5, 5.41) is 11.1. The first kappa shape index (κ1) is 13.7. The maximum Gasteiger partial charge on any atom is 0.255 e. The number of aryl methyl sites for hydroxylation is 2. The summed E-state index contributed by atoms with van der Waals surface area (Å²) >= 11 is 0. The van der Waals surface area contributed by atoms with E-state index in [2.05, 4.69) is 32.7 Å². The Kier molecular flexibility index (Phi) is 3.68. The van der Waals surface area contributed by atoms with Gasteiger partial charge in [-0.3, -0.25) is 9.20 Å². The van der Waals surface area contributed by atoms with Crippen molar-refractivity contribution in [3.05, 3.63) is 35.4 Å². The molecule has 0 bridgehead atoms. The summed E-state index contributed by atoms with van der Waals surface area (Å²) in [6.45, 7) is 4.29. The average Bonchev–Trinajstić information content (AvgIpc) is 3.05. The zero-order chi connectivity index (χ0) is 14.8. The zero-order valence-electron chi connectivity index (χ0n) is 12.3. The molecule has 3 rings (SSSR count). The Labute approximate surface area is 123 Å². The van der Waals surface area contributed by atoms with Crippen LogP contribution < -0.4 is 5.32 Å². The molecular formula is C15H19N5O. The van der Waals surface area contributed by atoms with E-state index in [1.54, 1.807) is 0 Å². The van der Waals surface area contributed by atoms with Crippen LogP contribution in [-0.2, 0) is 11.3 Å². The Morgan fingerprint density at radius 1 is 1.43 bits per heavy atom. The van der Waals surface area contributed by atoms with Gasteiger partial charge in [0.1, 0.15) is 0 Å².